The fraction of sp³-hybridized carbons (Fsp3) is 0.222. The summed E-state index contributed by atoms with van der Waals surface area (Å²) in [7, 11) is -0.801. The number of nitrogens with one attached hydrogen (secondary N) is 1. The first-order valence-corrected chi connectivity index (χ1v) is 9.73. The number of hydrogen-bond acceptors (Lipinski definition) is 5. The smallest absolute Gasteiger partial charge is 0.338 e. The van der Waals surface area contributed by atoms with Crippen LogP contribution in [0.1, 0.15) is 17.3 Å². The van der Waals surface area contributed by atoms with Crippen LogP contribution in [0.3, 0.4) is 0 Å². The summed E-state index contributed by atoms with van der Waals surface area (Å²) in [6, 6.07) is 12.0. The van der Waals surface area contributed by atoms with E-state index in [1.165, 1.54) is 57.4 Å². The number of anilines is 1. The van der Waals surface area contributed by atoms with Crippen LogP contribution in [0, 0.1) is 0 Å². The van der Waals surface area contributed by atoms with Crippen molar-refractivity contribution in [1.29, 1.82) is 0 Å². The van der Waals surface area contributed by atoms with E-state index < -0.39 is 28.0 Å². The molecule has 0 saturated carbocycles. The van der Waals surface area contributed by atoms with Gasteiger partial charge in [0.1, 0.15) is 0 Å². The van der Waals surface area contributed by atoms with Gasteiger partial charge in [0, 0.05) is 24.8 Å². The quantitative estimate of drug-likeness (QED) is 0.739. The molecule has 0 saturated heterocycles. The van der Waals surface area contributed by atoms with Gasteiger partial charge in [0.25, 0.3) is 5.91 Å². The Kier molecular flexibility index (Phi) is 6.59. The highest BCUT2D eigenvalue weighted by Crippen LogP contribution is 2.18. The molecule has 0 heterocycles. The van der Waals surface area contributed by atoms with Crippen LogP contribution >= 0.6 is 11.6 Å². The van der Waals surface area contributed by atoms with Gasteiger partial charge in [0.15, 0.2) is 6.10 Å². The highest BCUT2D eigenvalue weighted by atomic mass is 35.5. The second-order valence-electron chi connectivity index (χ2n) is 5.86. The van der Waals surface area contributed by atoms with Crippen molar-refractivity contribution in [2.45, 2.75) is 17.9 Å². The van der Waals surface area contributed by atoms with E-state index in [4.69, 9.17) is 16.3 Å². The maximum atomic E-state index is 12.3. The normalized spacial score (nSPS) is 12.5. The molecule has 0 fully saturated rings. The predicted octanol–water partition coefficient (Wildman–Crippen LogP) is 2.77. The molecule has 0 unspecified atom stereocenters. The Balaban J connectivity index is 2.07. The van der Waals surface area contributed by atoms with Crippen LogP contribution in [0.4, 0.5) is 5.69 Å². The summed E-state index contributed by atoms with van der Waals surface area (Å²) >= 11 is 5.83. The number of amides is 1. The number of benzene rings is 2. The Morgan fingerprint density at radius 2 is 1.78 bits per heavy atom. The summed E-state index contributed by atoms with van der Waals surface area (Å²) in [6.45, 7) is 1.41. The highest BCUT2D eigenvalue weighted by molar-refractivity contribution is 7.89. The van der Waals surface area contributed by atoms with E-state index in [0.29, 0.717) is 5.02 Å². The van der Waals surface area contributed by atoms with Gasteiger partial charge >= 0.3 is 5.97 Å². The van der Waals surface area contributed by atoms with Crippen molar-refractivity contribution >= 4 is 39.2 Å². The lowest BCUT2D eigenvalue weighted by Gasteiger charge is -2.15. The van der Waals surface area contributed by atoms with Crippen LogP contribution in [0.5, 0.6) is 0 Å². The molecule has 1 amide bonds. The fourth-order valence-corrected chi connectivity index (χ4v) is 3.22. The summed E-state index contributed by atoms with van der Waals surface area (Å²) in [6.07, 6.45) is -1.09. The van der Waals surface area contributed by atoms with Crippen molar-refractivity contribution in [2.75, 3.05) is 19.4 Å². The minimum Gasteiger partial charge on any atom is -0.449 e. The summed E-state index contributed by atoms with van der Waals surface area (Å²) in [5.74, 6) is -1.28. The molecule has 0 aliphatic rings. The van der Waals surface area contributed by atoms with Gasteiger partial charge in [-0.3, -0.25) is 4.79 Å². The summed E-state index contributed by atoms with van der Waals surface area (Å²) in [4.78, 5) is 24.4. The van der Waals surface area contributed by atoms with Crippen LogP contribution in [0.25, 0.3) is 0 Å². The van der Waals surface area contributed by atoms with Gasteiger partial charge < -0.3 is 10.1 Å². The largest absolute Gasteiger partial charge is 0.449 e. The van der Waals surface area contributed by atoms with Gasteiger partial charge in [0.2, 0.25) is 10.0 Å². The third-order valence-corrected chi connectivity index (χ3v) is 5.64. The first-order valence-electron chi connectivity index (χ1n) is 7.91. The van der Waals surface area contributed by atoms with Crippen LogP contribution in [-0.2, 0) is 19.6 Å². The summed E-state index contributed by atoms with van der Waals surface area (Å²) in [5.41, 5.74) is 0.495. The minimum atomic E-state index is -3.63. The van der Waals surface area contributed by atoms with Crippen molar-refractivity contribution in [2.24, 2.45) is 0 Å². The van der Waals surface area contributed by atoms with Crippen LogP contribution in [-0.4, -0.2) is 44.8 Å². The Hall–Kier alpha value is -2.42. The Morgan fingerprint density at radius 3 is 2.41 bits per heavy atom. The number of hydrogen-bond donors (Lipinski definition) is 1. The zero-order chi connectivity index (χ0) is 20.2. The van der Waals surface area contributed by atoms with E-state index >= 15 is 0 Å². The molecule has 9 heteroatoms. The summed E-state index contributed by atoms with van der Waals surface area (Å²) < 4.78 is 30.5. The van der Waals surface area contributed by atoms with E-state index in [9.17, 15) is 18.0 Å². The number of esters is 1. The van der Waals surface area contributed by atoms with Gasteiger partial charge in [-0.05, 0) is 43.3 Å². The minimum absolute atomic E-state index is 0.0360. The molecule has 0 aromatic heterocycles. The molecule has 0 aliphatic carbocycles. The molecule has 1 atom stereocenters. The van der Waals surface area contributed by atoms with E-state index in [0.717, 1.165) is 4.31 Å². The lowest BCUT2D eigenvalue weighted by Crippen LogP contribution is -2.30. The Labute approximate surface area is 162 Å². The average Bonchev–Trinajstić information content (AvgIpc) is 2.61. The van der Waals surface area contributed by atoms with Crippen LogP contribution < -0.4 is 5.32 Å². The maximum absolute atomic E-state index is 12.3. The molecule has 2 aromatic carbocycles. The number of rotatable bonds is 6. The molecule has 0 spiro atoms. The highest BCUT2D eigenvalue weighted by Gasteiger charge is 2.21. The second-order valence-corrected chi connectivity index (χ2v) is 8.45. The summed E-state index contributed by atoms with van der Waals surface area (Å²) in [5, 5.41) is 2.91. The van der Waals surface area contributed by atoms with Gasteiger partial charge in [-0.1, -0.05) is 23.7 Å². The zero-order valence-electron chi connectivity index (χ0n) is 15.0. The molecule has 144 valence electrons. The monoisotopic (exact) mass is 410 g/mol. The van der Waals surface area contributed by atoms with Crippen LogP contribution in [0.15, 0.2) is 53.4 Å². The van der Waals surface area contributed by atoms with Gasteiger partial charge in [-0.15, -0.1) is 0 Å². The zero-order valence-corrected chi connectivity index (χ0v) is 16.5. The van der Waals surface area contributed by atoms with Crippen molar-refractivity contribution < 1.29 is 22.7 Å². The molecule has 0 aliphatic heterocycles. The third-order valence-electron chi connectivity index (χ3n) is 3.59. The number of nitrogens with zero attached hydrogens (tertiary/aromatic N) is 1. The van der Waals surface area contributed by atoms with Gasteiger partial charge in [-0.25, -0.2) is 17.5 Å². The van der Waals surface area contributed by atoms with Crippen molar-refractivity contribution in [3.8, 4) is 0 Å². The van der Waals surface area contributed by atoms with Crippen molar-refractivity contribution in [3.63, 3.8) is 0 Å². The standard InChI is InChI=1S/C18H19ClN2O5S/c1-12(26-18(23)13-6-4-7-14(19)10-13)17(22)20-15-8-5-9-16(11-15)27(24,25)21(2)3/h4-12H,1-3H3,(H,20,22)/t12-/m0/s1. The molecule has 27 heavy (non-hydrogen) atoms. The Morgan fingerprint density at radius 1 is 1.11 bits per heavy atom. The maximum Gasteiger partial charge on any atom is 0.338 e. The lowest BCUT2D eigenvalue weighted by molar-refractivity contribution is -0.123. The van der Waals surface area contributed by atoms with Crippen molar-refractivity contribution in [3.05, 3.63) is 59.1 Å². The van der Waals surface area contributed by atoms with Crippen molar-refractivity contribution in [1.82, 2.24) is 4.31 Å². The van der Waals surface area contributed by atoms with E-state index in [2.05, 4.69) is 5.32 Å². The van der Waals surface area contributed by atoms with Crippen LogP contribution in [0.2, 0.25) is 5.02 Å². The Bertz CT molecular complexity index is 960. The molecule has 1 N–H and O–H groups in total. The lowest BCUT2D eigenvalue weighted by atomic mass is 10.2. The molecule has 7 nitrogen and oxygen atoms in total. The predicted molar refractivity (Wildman–Crippen MR) is 102 cm³/mol. The first kappa shape index (κ1) is 20.9. The molecule has 0 radical (unpaired) electrons. The van der Waals surface area contributed by atoms with Gasteiger partial charge in [0.05, 0.1) is 10.5 Å². The van der Waals surface area contributed by atoms with Gasteiger partial charge in [-0.2, -0.15) is 0 Å². The third kappa shape index (κ3) is 5.29. The molecular formula is C18H19ClN2O5S. The average molecular weight is 411 g/mol. The number of sulfonamides is 1. The molecular weight excluding hydrogens is 392 g/mol. The number of carbonyl (C=O) groups is 2. The molecule has 2 rings (SSSR count). The number of halogens is 1. The fourth-order valence-electron chi connectivity index (χ4n) is 2.09. The first-order chi connectivity index (χ1) is 12.6. The molecule has 2 aromatic rings. The molecule has 0 bridgehead atoms. The topological polar surface area (TPSA) is 92.8 Å². The van der Waals surface area contributed by atoms with E-state index in [1.54, 1.807) is 12.1 Å². The van der Waals surface area contributed by atoms with E-state index in [1.807, 2.05) is 0 Å². The number of ether oxygens (including phenoxy) is 1. The SMILES string of the molecule is C[C@H](OC(=O)c1cccc(Cl)c1)C(=O)Nc1cccc(S(=O)(=O)N(C)C)c1. The number of carbonyl (C=O) groups excluding carboxylic acids is 2. The second kappa shape index (κ2) is 8.51. The van der Waals surface area contributed by atoms with E-state index in [-0.39, 0.29) is 16.1 Å².